The Bertz CT molecular complexity index is 1010. The van der Waals surface area contributed by atoms with Gasteiger partial charge in [-0.1, -0.05) is 18.2 Å². The van der Waals surface area contributed by atoms with E-state index < -0.39 is 0 Å². The molecule has 3 aromatic rings. The Morgan fingerprint density at radius 1 is 1.07 bits per heavy atom. The quantitative estimate of drug-likeness (QED) is 0.646. The summed E-state index contributed by atoms with van der Waals surface area (Å²) < 4.78 is 7.36. The molecule has 27 heavy (non-hydrogen) atoms. The second-order valence-electron chi connectivity index (χ2n) is 6.27. The van der Waals surface area contributed by atoms with Crippen molar-refractivity contribution in [2.45, 2.75) is 6.67 Å². The number of nitrogens with zero attached hydrogens (tertiary/aromatic N) is 6. The fourth-order valence-electron chi connectivity index (χ4n) is 3.12. The molecule has 0 unspecified atom stereocenters. The van der Waals surface area contributed by atoms with Gasteiger partial charge in [-0.25, -0.2) is 9.67 Å². The summed E-state index contributed by atoms with van der Waals surface area (Å²) in [5, 5.41) is 13.8. The number of benzene rings is 1. The number of anilines is 1. The summed E-state index contributed by atoms with van der Waals surface area (Å²) in [6.07, 6.45) is 1.72. The van der Waals surface area contributed by atoms with E-state index in [4.69, 9.17) is 16.6 Å². The number of hydrogen-bond acceptors (Lipinski definition) is 7. The highest BCUT2D eigenvalue weighted by Gasteiger charge is 2.21. The molecule has 0 saturated carbocycles. The topological polar surface area (TPSA) is 74.1 Å². The van der Waals surface area contributed by atoms with Crippen LogP contribution in [0.3, 0.4) is 0 Å². The lowest BCUT2D eigenvalue weighted by atomic mass is 10.2. The van der Waals surface area contributed by atoms with Crippen LogP contribution in [-0.4, -0.2) is 45.8 Å². The van der Waals surface area contributed by atoms with Crippen LogP contribution < -0.4 is 4.90 Å². The monoisotopic (exact) mass is 378 g/mol. The molecule has 4 rings (SSSR count). The lowest BCUT2D eigenvalue weighted by molar-refractivity contribution is 0.192. The zero-order valence-electron chi connectivity index (χ0n) is 14.7. The number of nitriles is 1. The van der Waals surface area contributed by atoms with Crippen LogP contribution >= 0.6 is 12.2 Å². The predicted octanol–water partition coefficient (Wildman–Crippen LogP) is 2.92. The highest BCUT2D eigenvalue weighted by molar-refractivity contribution is 7.71. The highest BCUT2D eigenvalue weighted by atomic mass is 32.1. The maximum atomic E-state index is 9.26. The van der Waals surface area contributed by atoms with Gasteiger partial charge < -0.3 is 9.32 Å². The van der Waals surface area contributed by atoms with Gasteiger partial charge in [-0.15, -0.1) is 5.10 Å². The Hall–Kier alpha value is -3.02. The van der Waals surface area contributed by atoms with Crippen molar-refractivity contribution < 1.29 is 4.42 Å². The Morgan fingerprint density at radius 2 is 1.85 bits per heavy atom. The Labute approximate surface area is 162 Å². The SMILES string of the molecule is N#Cc1cccnc1N1CCN(Cn2nc(-c3ccccc3)oc2=S)CC1. The van der Waals surface area contributed by atoms with Crippen molar-refractivity contribution >= 4 is 18.0 Å². The molecular formula is C19H18N6OS. The van der Waals surface area contributed by atoms with Crippen LogP contribution in [0.5, 0.6) is 0 Å². The molecule has 0 spiro atoms. The fraction of sp³-hybridized carbons (Fsp3) is 0.263. The zero-order valence-corrected chi connectivity index (χ0v) is 15.5. The number of hydrogen-bond donors (Lipinski definition) is 0. The second-order valence-corrected chi connectivity index (χ2v) is 6.62. The minimum absolute atomic E-state index is 0.368. The molecule has 1 aromatic carbocycles. The van der Waals surface area contributed by atoms with E-state index in [0.29, 0.717) is 23.0 Å². The number of piperazine rings is 1. The minimum atomic E-state index is 0.368. The van der Waals surface area contributed by atoms with Crippen LogP contribution in [0.2, 0.25) is 0 Å². The molecule has 0 radical (unpaired) electrons. The summed E-state index contributed by atoms with van der Waals surface area (Å²) in [4.78, 5) is 9.15. The second kappa shape index (κ2) is 7.70. The summed E-state index contributed by atoms with van der Waals surface area (Å²) in [5.74, 6) is 1.29. The molecule has 0 bridgehead atoms. The third-order valence-electron chi connectivity index (χ3n) is 4.54. The molecule has 136 valence electrons. The summed E-state index contributed by atoms with van der Waals surface area (Å²) >= 11 is 5.32. The van der Waals surface area contributed by atoms with E-state index in [1.807, 2.05) is 30.3 Å². The Balaban J connectivity index is 1.42. The fourth-order valence-corrected chi connectivity index (χ4v) is 3.30. The first-order valence-corrected chi connectivity index (χ1v) is 9.11. The Kier molecular flexibility index (Phi) is 4.96. The number of aromatic nitrogens is 3. The summed E-state index contributed by atoms with van der Waals surface area (Å²) in [6, 6.07) is 15.5. The van der Waals surface area contributed by atoms with E-state index in [-0.39, 0.29) is 0 Å². The third kappa shape index (κ3) is 3.74. The summed E-state index contributed by atoms with van der Waals surface area (Å²) in [5.41, 5.74) is 1.52. The van der Waals surface area contributed by atoms with Crippen LogP contribution in [0.15, 0.2) is 53.1 Å². The zero-order chi connectivity index (χ0) is 18.6. The van der Waals surface area contributed by atoms with Gasteiger partial charge in [0.15, 0.2) is 0 Å². The highest BCUT2D eigenvalue weighted by Crippen LogP contribution is 2.20. The van der Waals surface area contributed by atoms with Crippen LogP contribution in [-0.2, 0) is 6.67 Å². The smallest absolute Gasteiger partial charge is 0.288 e. The number of rotatable bonds is 4. The maximum Gasteiger partial charge on any atom is 0.288 e. The van der Waals surface area contributed by atoms with Crippen molar-refractivity contribution in [3.05, 3.63) is 59.1 Å². The van der Waals surface area contributed by atoms with Gasteiger partial charge in [-0.05, 0) is 36.5 Å². The van der Waals surface area contributed by atoms with Gasteiger partial charge in [0.2, 0.25) is 5.89 Å². The standard InChI is InChI=1S/C19H18N6OS/c20-13-16-7-4-8-21-17(16)24-11-9-23(10-12-24)14-25-19(27)26-18(22-25)15-5-2-1-3-6-15/h1-8H,9-12,14H2. The van der Waals surface area contributed by atoms with Gasteiger partial charge in [-0.3, -0.25) is 4.90 Å². The van der Waals surface area contributed by atoms with Gasteiger partial charge in [0.1, 0.15) is 11.9 Å². The molecule has 1 aliphatic rings. The van der Waals surface area contributed by atoms with E-state index in [1.54, 1.807) is 23.0 Å². The molecule has 7 nitrogen and oxygen atoms in total. The Morgan fingerprint density at radius 3 is 2.59 bits per heavy atom. The van der Waals surface area contributed by atoms with Gasteiger partial charge in [0.05, 0.1) is 12.2 Å². The molecule has 0 atom stereocenters. The van der Waals surface area contributed by atoms with Crippen molar-refractivity contribution in [2.75, 3.05) is 31.1 Å². The van der Waals surface area contributed by atoms with E-state index in [1.165, 1.54) is 0 Å². The maximum absolute atomic E-state index is 9.26. The number of pyridine rings is 1. The molecule has 3 heterocycles. The van der Waals surface area contributed by atoms with Gasteiger partial charge in [0.25, 0.3) is 4.84 Å². The average Bonchev–Trinajstić information content (AvgIpc) is 3.09. The summed E-state index contributed by atoms with van der Waals surface area (Å²) in [7, 11) is 0. The van der Waals surface area contributed by atoms with Crippen molar-refractivity contribution in [2.24, 2.45) is 0 Å². The van der Waals surface area contributed by atoms with Crippen LogP contribution in [0.4, 0.5) is 5.82 Å². The van der Waals surface area contributed by atoms with E-state index >= 15 is 0 Å². The average molecular weight is 378 g/mol. The van der Waals surface area contributed by atoms with Gasteiger partial charge >= 0.3 is 0 Å². The van der Waals surface area contributed by atoms with E-state index in [0.717, 1.165) is 37.6 Å². The van der Waals surface area contributed by atoms with Gasteiger partial charge in [0, 0.05) is 37.9 Å². The molecule has 0 aliphatic carbocycles. The first kappa shape index (κ1) is 17.4. The first-order valence-electron chi connectivity index (χ1n) is 8.70. The normalized spacial score (nSPS) is 14.9. The first-order chi connectivity index (χ1) is 13.2. The van der Waals surface area contributed by atoms with Crippen molar-refractivity contribution in [1.29, 1.82) is 5.26 Å². The van der Waals surface area contributed by atoms with Crippen LogP contribution in [0.25, 0.3) is 11.5 Å². The minimum Gasteiger partial charge on any atom is -0.409 e. The molecule has 0 N–H and O–H groups in total. The largest absolute Gasteiger partial charge is 0.409 e. The third-order valence-corrected chi connectivity index (χ3v) is 4.83. The van der Waals surface area contributed by atoms with Crippen LogP contribution in [0.1, 0.15) is 5.56 Å². The molecular weight excluding hydrogens is 360 g/mol. The van der Waals surface area contributed by atoms with Crippen molar-refractivity contribution in [3.63, 3.8) is 0 Å². The summed E-state index contributed by atoms with van der Waals surface area (Å²) in [6.45, 7) is 3.83. The van der Waals surface area contributed by atoms with Crippen molar-refractivity contribution in [1.82, 2.24) is 19.7 Å². The van der Waals surface area contributed by atoms with E-state index in [9.17, 15) is 5.26 Å². The molecule has 8 heteroatoms. The predicted molar refractivity (Wildman–Crippen MR) is 104 cm³/mol. The molecule has 1 fully saturated rings. The lowest BCUT2D eigenvalue weighted by Crippen LogP contribution is -2.47. The lowest BCUT2D eigenvalue weighted by Gasteiger charge is -2.35. The molecule has 2 aromatic heterocycles. The van der Waals surface area contributed by atoms with Crippen LogP contribution in [0, 0.1) is 16.2 Å². The van der Waals surface area contributed by atoms with E-state index in [2.05, 4.69) is 26.0 Å². The van der Waals surface area contributed by atoms with Crippen molar-refractivity contribution in [3.8, 4) is 17.5 Å². The molecule has 0 amide bonds. The molecule has 1 aliphatic heterocycles. The van der Waals surface area contributed by atoms with Gasteiger partial charge in [-0.2, -0.15) is 5.26 Å². The molecule has 1 saturated heterocycles.